The molecule has 0 N–H and O–H groups in total. The summed E-state index contributed by atoms with van der Waals surface area (Å²) in [5, 5.41) is 0. The number of rotatable bonds is 4. The smallest absolute Gasteiger partial charge is 0.0223 e. The zero-order valence-electron chi connectivity index (χ0n) is 8.93. The number of alkyl halides is 1. The monoisotopic (exact) mass is 203 g/mol. The molecule has 0 aromatic rings. The Morgan fingerprint density at radius 1 is 1.15 bits per heavy atom. The minimum Gasteiger partial charge on any atom is -0.298 e. The van der Waals surface area contributed by atoms with Crippen molar-refractivity contribution in [2.75, 3.05) is 12.4 Å². The van der Waals surface area contributed by atoms with E-state index in [1.807, 2.05) is 0 Å². The minimum atomic E-state index is 0.791. The zero-order valence-corrected chi connectivity index (χ0v) is 9.69. The Labute approximate surface area is 87.4 Å². The van der Waals surface area contributed by atoms with Gasteiger partial charge in [0, 0.05) is 18.0 Å². The van der Waals surface area contributed by atoms with Crippen molar-refractivity contribution >= 4 is 11.6 Å². The lowest BCUT2D eigenvalue weighted by Gasteiger charge is -2.39. The van der Waals surface area contributed by atoms with Crippen LogP contribution >= 0.6 is 11.6 Å². The lowest BCUT2D eigenvalue weighted by atomic mass is 9.97. The Morgan fingerprint density at radius 3 is 2.31 bits per heavy atom. The van der Waals surface area contributed by atoms with E-state index in [0.717, 1.165) is 24.4 Å². The van der Waals surface area contributed by atoms with Crippen LogP contribution in [0.5, 0.6) is 0 Å². The molecule has 13 heavy (non-hydrogen) atoms. The fourth-order valence-electron chi connectivity index (χ4n) is 2.30. The van der Waals surface area contributed by atoms with Gasteiger partial charge in [0.25, 0.3) is 0 Å². The van der Waals surface area contributed by atoms with Gasteiger partial charge in [-0.1, -0.05) is 6.42 Å². The van der Waals surface area contributed by atoms with Gasteiger partial charge in [0.1, 0.15) is 0 Å². The first-order valence-electron chi connectivity index (χ1n) is 5.57. The summed E-state index contributed by atoms with van der Waals surface area (Å²) in [5.74, 6) is 0.816. The van der Waals surface area contributed by atoms with Gasteiger partial charge in [0.05, 0.1) is 0 Å². The van der Waals surface area contributed by atoms with E-state index < -0.39 is 0 Å². The van der Waals surface area contributed by atoms with Gasteiger partial charge in [0.15, 0.2) is 0 Å². The lowest BCUT2D eigenvalue weighted by Crippen LogP contribution is -2.44. The second-order valence-corrected chi connectivity index (χ2v) is 4.64. The van der Waals surface area contributed by atoms with E-state index in [2.05, 4.69) is 18.7 Å². The standard InChI is InChI=1S/C11H22ClN/c1-10-6-5-7-11(2)13(10)9-4-3-8-12/h10-11H,3-9H2,1-2H3. The van der Waals surface area contributed by atoms with Crippen molar-refractivity contribution in [3.63, 3.8) is 0 Å². The van der Waals surface area contributed by atoms with E-state index >= 15 is 0 Å². The van der Waals surface area contributed by atoms with Crippen LogP contribution < -0.4 is 0 Å². The first kappa shape index (κ1) is 11.3. The molecule has 1 fully saturated rings. The van der Waals surface area contributed by atoms with Gasteiger partial charge in [-0.05, 0) is 46.1 Å². The average Bonchev–Trinajstić information content (AvgIpc) is 2.10. The maximum Gasteiger partial charge on any atom is 0.0223 e. The van der Waals surface area contributed by atoms with Crippen LogP contribution in [0.3, 0.4) is 0 Å². The second-order valence-electron chi connectivity index (χ2n) is 4.26. The third kappa shape index (κ3) is 3.47. The lowest BCUT2D eigenvalue weighted by molar-refractivity contribution is 0.102. The number of halogens is 1. The van der Waals surface area contributed by atoms with Crippen LogP contribution in [-0.4, -0.2) is 29.4 Å². The molecule has 1 rings (SSSR count). The Bertz CT molecular complexity index is 128. The van der Waals surface area contributed by atoms with E-state index in [4.69, 9.17) is 11.6 Å². The highest BCUT2D eigenvalue weighted by Crippen LogP contribution is 2.22. The number of likely N-dealkylation sites (tertiary alicyclic amines) is 1. The molecule has 1 nitrogen and oxygen atoms in total. The molecule has 0 amide bonds. The summed E-state index contributed by atoms with van der Waals surface area (Å²) in [4.78, 5) is 2.65. The summed E-state index contributed by atoms with van der Waals surface area (Å²) in [5.41, 5.74) is 0. The molecule has 2 atom stereocenters. The minimum absolute atomic E-state index is 0.791. The Kier molecular flexibility index (Phi) is 5.12. The van der Waals surface area contributed by atoms with Crippen LogP contribution in [0, 0.1) is 0 Å². The third-order valence-electron chi connectivity index (χ3n) is 3.18. The Balaban J connectivity index is 2.26. The molecule has 1 heterocycles. The van der Waals surface area contributed by atoms with E-state index in [1.54, 1.807) is 0 Å². The van der Waals surface area contributed by atoms with Crippen LogP contribution in [-0.2, 0) is 0 Å². The van der Waals surface area contributed by atoms with Crippen LogP contribution in [0.1, 0.15) is 46.0 Å². The molecule has 1 saturated heterocycles. The van der Waals surface area contributed by atoms with Crippen molar-refractivity contribution < 1.29 is 0 Å². The molecule has 1 aliphatic heterocycles. The van der Waals surface area contributed by atoms with Gasteiger partial charge >= 0.3 is 0 Å². The molecular weight excluding hydrogens is 182 g/mol. The molecule has 1 aliphatic rings. The molecular formula is C11H22ClN. The largest absolute Gasteiger partial charge is 0.298 e. The summed E-state index contributed by atoms with van der Waals surface area (Å²) in [6.45, 7) is 5.96. The summed E-state index contributed by atoms with van der Waals surface area (Å²) in [7, 11) is 0. The topological polar surface area (TPSA) is 3.24 Å². The molecule has 0 aliphatic carbocycles. The molecule has 0 radical (unpaired) electrons. The van der Waals surface area contributed by atoms with Gasteiger partial charge in [-0.15, -0.1) is 11.6 Å². The number of piperidine rings is 1. The molecule has 0 saturated carbocycles. The Hall–Kier alpha value is 0.250. The van der Waals surface area contributed by atoms with E-state index in [1.165, 1.54) is 32.2 Å². The molecule has 78 valence electrons. The molecule has 0 bridgehead atoms. The number of hydrogen-bond acceptors (Lipinski definition) is 1. The first-order chi connectivity index (χ1) is 6.25. The van der Waals surface area contributed by atoms with E-state index in [0.29, 0.717) is 0 Å². The van der Waals surface area contributed by atoms with Crippen molar-refractivity contribution in [3.8, 4) is 0 Å². The van der Waals surface area contributed by atoms with Gasteiger partial charge in [0.2, 0.25) is 0 Å². The van der Waals surface area contributed by atoms with Crippen molar-refractivity contribution in [1.82, 2.24) is 4.90 Å². The van der Waals surface area contributed by atoms with E-state index in [9.17, 15) is 0 Å². The van der Waals surface area contributed by atoms with Gasteiger partial charge in [-0.3, -0.25) is 4.90 Å². The highest BCUT2D eigenvalue weighted by molar-refractivity contribution is 6.17. The molecule has 2 unspecified atom stereocenters. The Morgan fingerprint density at radius 2 is 1.77 bits per heavy atom. The first-order valence-corrected chi connectivity index (χ1v) is 6.11. The van der Waals surface area contributed by atoms with Gasteiger partial charge in [-0.2, -0.15) is 0 Å². The van der Waals surface area contributed by atoms with E-state index in [-0.39, 0.29) is 0 Å². The SMILES string of the molecule is CC1CCCC(C)N1CCCCCl. The fraction of sp³-hybridized carbons (Fsp3) is 1.00. The zero-order chi connectivity index (χ0) is 9.68. The van der Waals surface area contributed by atoms with Crippen molar-refractivity contribution in [2.24, 2.45) is 0 Å². The number of unbranched alkanes of at least 4 members (excludes halogenated alkanes) is 1. The molecule has 2 heteroatoms. The van der Waals surface area contributed by atoms with Crippen molar-refractivity contribution in [3.05, 3.63) is 0 Å². The molecule has 0 spiro atoms. The van der Waals surface area contributed by atoms with Crippen molar-refractivity contribution in [2.45, 2.75) is 58.0 Å². The quantitative estimate of drug-likeness (QED) is 0.501. The summed E-state index contributed by atoms with van der Waals surface area (Å²) >= 11 is 5.67. The van der Waals surface area contributed by atoms with Crippen LogP contribution in [0.4, 0.5) is 0 Å². The average molecular weight is 204 g/mol. The summed E-state index contributed by atoms with van der Waals surface area (Å²) in [6, 6.07) is 1.58. The fourth-order valence-corrected chi connectivity index (χ4v) is 2.49. The van der Waals surface area contributed by atoms with Crippen molar-refractivity contribution in [1.29, 1.82) is 0 Å². The number of nitrogens with zero attached hydrogens (tertiary/aromatic N) is 1. The van der Waals surface area contributed by atoms with Crippen LogP contribution in [0.2, 0.25) is 0 Å². The maximum absolute atomic E-state index is 5.67. The molecule has 0 aromatic heterocycles. The van der Waals surface area contributed by atoms with Gasteiger partial charge < -0.3 is 0 Å². The highest BCUT2D eigenvalue weighted by atomic mass is 35.5. The summed E-state index contributed by atoms with van der Waals surface area (Å²) < 4.78 is 0. The molecule has 0 aromatic carbocycles. The highest BCUT2D eigenvalue weighted by Gasteiger charge is 2.23. The van der Waals surface area contributed by atoms with Crippen LogP contribution in [0.25, 0.3) is 0 Å². The second kappa shape index (κ2) is 5.87. The summed E-state index contributed by atoms with van der Waals surface area (Å²) in [6.07, 6.45) is 6.60. The third-order valence-corrected chi connectivity index (χ3v) is 3.44. The van der Waals surface area contributed by atoms with Crippen LogP contribution in [0.15, 0.2) is 0 Å². The predicted octanol–water partition coefficient (Wildman–Crippen LogP) is 3.27. The van der Waals surface area contributed by atoms with Gasteiger partial charge in [-0.25, -0.2) is 0 Å². The predicted molar refractivity (Wildman–Crippen MR) is 59.4 cm³/mol. The maximum atomic E-state index is 5.67. The number of hydrogen-bond donors (Lipinski definition) is 0. The normalized spacial score (nSPS) is 30.7.